The van der Waals surface area contributed by atoms with Crippen molar-refractivity contribution in [3.63, 3.8) is 0 Å². The molecular weight excluding hydrogens is 451 g/mol. The van der Waals surface area contributed by atoms with Crippen LogP contribution in [0.2, 0.25) is 0 Å². The number of aliphatic hydroxyl groups is 1. The van der Waals surface area contributed by atoms with E-state index in [1.54, 1.807) is 6.07 Å². The maximum atomic E-state index is 12.6. The molecular formula is C21H19F5N4O3. The van der Waals surface area contributed by atoms with Gasteiger partial charge in [0.2, 0.25) is 5.95 Å². The highest BCUT2D eigenvalue weighted by molar-refractivity contribution is 5.68. The van der Waals surface area contributed by atoms with Gasteiger partial charge in [0.25, 0.3) is 0 Å². The number of halogens is 5. The SMILES string of the molecule is OCCCNc1nc(Nc2ccc(OC(F)F)cc2)cc(-c2cccc(OC(F)(F)F)c2)n1. The lowest BCUT2D eigenvalue weighted by atomic mass is 10.1. The van der Waals surface area contributed by atoms with Gasteiger partial charge in [0.15, 0.2) is 0 Å². The molecule has 176 valence electrons. The number of benzene rings is 2. The van der Waals surface area contributed by atoms with Crippen LogP contribution in [-0.4, -0.2) is 41.2 Å². The Bertz CT molecular complexity index is 1050. The van der Waals surface area contributed by atoms with Crippen molar-refractivity contribution >= 4 is 17.5 Å². The van der Waals surface area contributed by atoms with Gasteiger partial charge in [-0.15, -0.1) is 13.2 Å². The van der Waals surface area contributed by atoms with Crippen molar-refractivity contribution in [3.05, 3.63) is 54.6 Å². The first-order chi connectivity index (χ1) is 15.7. The molecule has 3 N–H and O–H groups in total. The van der Waals surface area contributed by atoms with Gasteiger partial charge in [-0.05, 0) is 42.8 Å². The van der Waals surface area contributed by atoms with Gasteiger partial charge in [-0.2, -0.15) is 13.8 Å². The zero-order valence-corrected chi connectivity index (χ0v) is 16.9. The van der Waals surface area contributed by atoms with Crippen molar-refractivity contribution < 1.29 is 36.5 Å². The Morgan fingerprint density at radius 2 is 1.73 bits per heavy atom. The monoisotopic (exact) mass is 470 g/mol. The van der Waals surface area contributed by atoms with E-state index in [1.165, 1.54) is 48.5 Å². The van der Waals surface area contributed by atoms with Gasteiger partial charge < -0.3 is 25.2 Å². The van der Waals surface area contributed by atoms with E-state index in [0.717, 1.165) is 0 Å². The van der Waals surface area contributed by atoms with E-state index in [2.05, 4.69) is 30.1 Å². The summed E-state index contributed by atoms with van der Waals surface area (Å²) in [6.07, 6.45) is -4.41. The van der Waals surface area contributed by atoms with Crippen LogP contribution in [0.1, 0.15) is 6.42 Å². The van der Waals surface area contributed by atoms with Crippen molar-refractivity contribution in [1.82, 2.24) is 9.97 Å². The van der Waals surface area contributed by atoms with E-state index in [1.807, 2.05) is 0 Å². The largest absolute Gasteiger partial charge is 0.573 e. The number of hydrogen-bond acceptors (Lipinski definition) is 7. The number of aliphatic hydroxyl groups excluding tert-OH is 1. The molecule has 0 bridgehead atoms. The minimum atomic E-state index is -4.84. The molecule has 0 spiro atoms. The smallest absolute Gasteiger partial charge is 0.435 e. The molecule has 0 radical (unpaired) electrons. The third-order valence-corrected chi connectivity index (χ3v) is 4.06. The standard InChI is InChI=1S/C21H19F5N4O3/c22-19(23)32-15-7-5-14(6-8-15)28-18-12-17(29-20(30-18)27-9-2-10-31)13-3-1-4-16(11-13)33-21(24,25)26/h1,3-8,11-12,19,31H,2,9-10H2,(H2,27,28,29,30). The Hall–Kier alpha value is -3.67. The topological polar surface area (TPSA) is 88.5 Å². The lowest BCUT2D eigenvalue weighted by Gasteiger charge is -2.13. The van der Waals surface area contributed by atoms with Gasteiger partial charge >= 0.3 is 13.0 Å². The summed E-state index contributed by atoms with van der Waals surface area (Å²) in [5, 5.41) is 14.9. The fourth-order valence-electron chi connectivity index (χ4n) is 2.74. The molecule has 0 atom stereocenters. The lowest BCUT2D eigenvalue weighted by molar-refractivity contribution is -0.274. The van der Waals surface area contributed by atoms with Gasteiger partial charge in [0.1, 0.15) is 17.3 Å². The summed E-state index contributed by atoms with van der Waals surface area (Å²) in [5.41, 5.74) is 1.13. The summed E-state index contributed by atoms with van der Waals surface area (Å²) >= 11 is 0. The van der Waals surface area contributed by atoms with Crippen molar-refractivity contribution in [1.29, 1.82) is 0 Å². The van der Waals surface area contributed by atoms with Crippen LogP contribution in [-0.2, 0) is 0 Å². The number of anilines is 3. The molecule has 0 saturated heterocycles. The van der Waals surface area contributed by atoms with E-state index in [-0.39, 0.29) is 24.1 Å². The maximum Gasteiger partial charge on any atom is 0.573 e. The third kappa shape index (κ3) is 7.75. The van der Waals surface area contributed by atoms with Crippen molar-refractivity contribution in [3.8, 4) is 22.8 Å². The highest BCUT2D eigenvalue weighted by Gasteiger charge is 2.31. The van der Waals surface area contributed by atoms with E-state index in [4.69, 9.17) is 5.11 Å². The molecule has 0 aliphatic carbocycles. The predicted molar refractivity (Wildman–Crippen MR) is 111 cm³/mol. The van der Waals surface area contributed by atoms with E-state index in [9.17, 15) is 22.0 Å². The number of ether oxygens (including phenoxy) is 2. The molecule has 0 amide bonds. The summed E-state index contributed by atoms with van der Waals surface area (Å²) in [6.45, 7) is -2.64. The van der Waals surface area contributed by atoms with Crippen LogP contribution in [0.25, 0.3) is 11.3 Å². The first-order valence-electron chi connectivity index (χ1n) is 9.64. The lowest BCUT2D eigenvalue weighted by Crippen LogP contribution is -2.17. The fraction of sp³-hybridized carbons (Fsp3) is 0.238. The normalized spacial score (nSPS) is 11.4. The summed E-state index contributed by atoms with van der Waals surface area (Å²) < 4.78 is 70.6. The van der Waals surface area contributed by atoms with Crippen molar-refractivity contribution in [2.24, 2.45) is 0 Å². The molecule has 0 saturated carbocycles. The summed E-state index contributed by atoms with van der Waals surface area (Å²) in [4.78, 5) is 8.62. The van der Waals surface area contributed by atoms with Gasteiger partial charge in [0.05, 0.1) is 5.69 Å². The minimum Gasteiger partial charge on any atom is -0.435 e. The maximum absolute atomic E-state index is 12.6. The van der Waals surface area contributed by atoms with E-state index < -0.39 is 18.7 Å². The quantitative estimate of drug-likeness (QED) is 0.278. The Kier molecular flexibility index (Phi) is 7.83. The number of alkyl halides is 5. The van der Waals surface area contributed by atoms with Gasteiger partial charge in [-0.25, -0.2) is 4.98 Å². The van der Waals surface area contributed by atoms with Crippen LogP contribution in [0.5, 0.6) is 11.5 Å². The molecule has 0 aliphatic rings. The number of rotatable bonds is 10. The summed E-state index contributed by atoms with van der Waals surface area (Å²) in [5.74, 6) is 0.0312. The second-order valence-corrected chi connectivity index (χ2v) is 6.57. The van der Waals surface area contributed by atoms with Crippen LogP contribution < -0.4 is 20.1 Å². The van der Waals surface area contributed by atoms with Crippen LogP contribution in [0.3, 0.4) is 0 Å². The molecule has 1 heterocycles. The first-order valence-corrected chi connectivity index (χ1v) is 9.64. The summed E-state index contributed by atoms with van der Waals surface area (Å²) in [7, 11) is 0. The average molecular weight is 470 g/mol. The average Bonchev–Trinajstić information content (AvgIpc) is 2.74. The molecule has 0 aliphatic heterocycles. The molecule has 33 heavy (non-hydrogen) atoms. The first kappa shape index (κ1) is 24.0. The second kappa shape index (κ2) is 10.8. The van der Waals surface area contributed by atoms with E-state index >= 15 is 0 Å². The number of nitrogens with one attached hydrogen (secondary N) is 2. The van der Waals surface area contributed by atoms with Crippen LogP contribution in [0, 0.1) is 0 Å². The zero-order valence-electron chi connectivity index (χ0n) is 16.9. The predicted octanol–water partition coefficient (Wildman–Crippen LogP) is 5.18. The second-order valence-electron chi connectivity index (χ2n) is 6.57. The highest BCUT2D eigenvalue weighted by atomic mass is 19.4. The zero-order chi connectivity index (χ0) is 23.8. The number of hydrogen-bond donors (Lipinski definition) is 3. The van der Waals surface area contributed by atoms with Crippen LogP contribution in [0.4, 0.5) is 39.4 Å². The molecule has 3 rings (SSSR count). The Balaban J connectivity index is 1.88. The van der Waals surface area contributed by atoms with E-state index in [0.29, 0.717) is 29.9 Å². The van der Waals surface area contributed by atoms with Gasteiger partial charge in [-0.1, -0.05) is 12.1 Å². The van der Waals surface area contributed by atoms with Crippen LogP contribution in [0.15, 0.2) is 54.6 Å². The number of nitrogens with zero attached hydrogens (tertiary/aromatic N) is 2. The molecule has 2 aromatic carbocycles. The molecule has 12 heteroatoms. The fourth-order valence-corrected chi connectivity index (χ4v) is 2.74. The van der Waals surface area contributed by atoms with Crippen LogP contribution >= 0.6 is 0 Å². The molecule has 7 nitrogen and oxygen atoms in total. The molecule has 3 aromatic rings. The van der Waals surface area contributed by atoms with Gasteiger partial charge in [-0.3, -0.25) is 0 Å². The third-order valence-electron chi connectivity index (χ3n) is 4.06. The Morgan fingerprint density at radius 3 is 2.39 bits per heavy atom. The Morgan fingerprint density at radius 1 is 0.970 bits per heavy atom. The highest BCUT2D eigenvalue weighted by Crippen LogP contribution is 2.29. The molecule has 0 unspecified atom stereocenters. The molecule has 1 aromatic heterocycles. The summed E-state index contributed by atoms with van der Waals surface area (Å²) in [6, 6.07) is 12.5. The molecule has 0 fully saturated rings. The van der Waals surface area contributed by atoms with Crippen molar-refractivity contribution in [2.75, 3.05) is 23.8 Å². The van der Waals surface area contributed by atoms with Gasteiger partial charge in [0, 0.05) is 30.5 Å². The van der Waals surface area contributed by atoms with Crippen molar-refractivity contribution in [2.45, 2.75) is 19.4 Å². The number of aromatic nitrogens is 2. The Labute approximate surface area is 185 Å². The minimum absolute atomic E-state index is 0.0215.